The summed E-state index contributed by atoms with van der Waals surface area (Å²) in [5.41, 5.74) is 1.61. The first-order valence-corrected chi connectivity index (χ1v) is 11.1. The number of piperazine rings is 1. The molecule has 1 aliphatic rings. The molecule has 0 aliphatic carbocycles. The van der Waals surface area contributed by atoms with Gasteiger partial charge in [-0.1, -0.05) is 12.1 Å². The van der Waals surface area contributed by atoms with Crippen LogP contribution in [0.15, 0.2) is 47.1 Å². The second kappa shape index (κ2) is 11.6. The molecule has 33 heavy (non-hydrogen) atoms. The molecule has 0 radical (unpaired) electrons. The van der Waals surface area contributed by atoms with Gasteiger partial charge in [0, 0.05) is 59.4 Å². The maximum Gasteiger partial charge on any atom is 0.251 e. The largest absolute Gasteiger partial charge is 0.468 e. The van der Waals surface area contributed by atoms with Crippen molar-refractivity contribution >= 4 is 17.7 Å². The van der Waals surface area contributed by atoms with E-state index in [0.717, 1.165) is 11.3 Å². The van der Waals surface area contributed by atoms with Crippen molar-refractivity contribution in [3.63, 3.8) is 0 Å². The molecule has 0 spiro atoms. The summed E-state index contributed by atoms with van der Waals surface area (Å²) in [7, 11) is 5.11. The number of nitrogens with zero attached hydrogens (tertiary/aromatic N) is 4. The van der Waals surface area contributed by atoms with Gasteiger partial charge in [-0.05, 0) is 29.8 Å². The maximum absolute atomic E-state index is 13.1. The molecular weight excluding hydrogens is 422 g/mol. The second-order valence-corrected chi connectivity index (χ2v) is 8.45. The SMILES string of the molecule is CNC(=O)c1ccc(CN(CC(=O)N2CCN(CC(=O)N(C)C)CC2)Cc2ccco2)cc1. The Labute approximate surface area is 194 Å². The Balaban J connectivity index is 1.59. The summed E-state index contributed by atoms with van der Waals surface area (Å²) in [5.74, 6) is 0.788. The number of rotatable bonds is 9. The van der Waals surface area contributed by atoms with E-state index < -0.39 is 0 Å². The normalized spacial score (nSPS) is 14.4. The van der Waals surface area contributed by atoms with Crippen LogP contribution >= 0.6 is 0 Å². The van der Waals surface area contributed by atoms with Gasteiger partial charge in [0.1, 0.15) is 5.76 Å². The summed E-state index contributed by atoms with van der Waals surface area (Å²) in [4.78, 5) is 44.4. The number of carbonyl (C=O) groups is 3. The number of benzene rings is 1. The van der Waals surface area contributed by atoms with Crippen LogP contribution in [0.3, 0.4) is 0 Å². The lowest BCUT2D eigenvalue weighted by molar-refractivity contribution is -0.135. The van der Waals surface area contributed by atoms with Crippen molar-refractivity contribution < 1.29 is 18.8 Å². The third-order valence-corrected chi connectivity index (χ3v) is 5.75. The topological polar surface area (TPSA) is 89.3 Å². The van der Waals surface area contributed by atoms with Gasteiger partial charge >= 0.3 is 0 Å². The number of hydrogen-bond acceptors (Lipinski definition) is 6. The second-order valence-electron chi connectivity index (χ2n) is 8.45. The highest BCUT2D eigenvalue weighted by Gasteiger charge is 2.24. The predicted molar refractivity (Wildman–Crippen MR) is 124 cm³/mol. The quantitative estimate of drug-likeness (QED) is 0.604. The monoisotopic (exact) mass is 455 g/mol. The molecule has 1 N–H and O–H groups in total. The molecule has 1 fully saturated rings. The lowest BCUT2D eigenvalue weighted by atomic mass is 10.1. The van der Waals surface area contributed by atoms with Crippen LogP contribution in [0.5, 0.6) is 0 Å². The van der Waals surface area contributed by atoms with Crippen LogP contribution in [-0.2, 0) is 22.7 Å². The molecular formula is C24H33N5O4. The third kappa shape index (κ3) is 7.16. The molecule has 1 saturated heterocycles. The Morgan fingerprint density at radius 2 is 1.70 bits per heavy atom. The molecule has 9 nitrogen and oxygen atoms in total. The Morgan fingerprint density at radius 1 is 1.00 bits per heavy atom. The van der Waals surface area contributed by atoms with Crippen LogP contribution in [-0.4, -0.2) is 97.7 Å². The molecule has 3 rings (SSSR count). The molecule has 178 valence electrons. The molecule has 3 amide bonds. The van der Waals surface area contributed by atoms with Crippen molar-refractivity contribution in [2.24, 2.45) is 0 Å². The van der Waals surface area contributed by atoms with Crippen molar-refractivity contribution in [2.45, 2.75) is 13.1 Å². The van der Waals surface area contributed by atoms with Crippen molar-refractivity contribution in [3.8, 4) is 0 Å². The number of likely N-dealkylation sites (N-methyl/N-ethyl adjacent to an activating group) is 1. The summed E-state index contributed by atoms with van der Waals surface area (Å²) >= 11 is 0. The van der Waals surface area contributed by atoms with Crippen LogP contribution in [0.2, 0.25) is 0 Å². The van der Waals surface area contributed by atoms with Crippen LogP contribution in [0.25, 0.3) is 0 Å². The maximum atomic E-state index is 13.1. The molecule has 2 heterocycles. The van der Waals surface area contributed by atoms with Gasteiger partial charge in [0.25, 0.3) is 5.91 Å². The van der Waals surface area contributed by atoms with Gasteiger partial charge in [0.2, 0.25) is 11.8 Å². The lowest BCUT2D eigenvalue weighted by Gasteiger charge is -2.35. The zero-order valence-electron chi connectivity index (χ0n) is 19.6. The fraction of sp³-hybridized carbons (Fsp3) is 0.458. The van der Waals surface area contributed by atoms with Gasteiger partial charge in [0.15, 0.2) is 0 Å². The fourth-order valence-electron chi connectivity index (χ4n) is 3.73. The van der Waals surface area contributed by atoms with Gasteiger partial charge in [-0.25, -0.2) is 0 Å². The van der Waals surface area contributed by atoms with Crippen molar-refractivity contribution in [3.05, 3.63) is 59.5 Å². The molecule has 0 atom stereocenters. The number of carbonyl (C=O) groups excluding carboxylic acids is 3. The average molecular weight is 456 g/mol. The third-order valence-electron chi connectivity index (χ3n) is 5.75. The number of furan rings is 1. The van der Waals surface area contributed by atoms with E-state index in [0.29, 0.717) is 51.4 Å². The van der Waals surface area contributed by atoms with E-state index in [1.165, 1.54) is 0 Å². The van der Waals surface area contributed by atoms with Crippen molar-refractivity contribution in [2.75, 3.05) is 60.4 Å². The van der Waals surface area contributed by atoms with Gasteiger partial charge < -0.3 is 19.5 Å². The molecule has 0 bridgehead atoms. The molecule has 2 aromatic rings. The number of hydrogen-bond donors (Lipinski definition) is 1. The van der Waals surface area contributed by atoms with Gasteiger partial charge in [-0.2, -0.15) is 0 Å². The first kappa shape index (κ1) is 24.5. The zero-order chi connectivity index (χ0) is 23.8. The minimum absolute atomic E-state index is 0.0575. The molecule has 1 aromatic carbocycles. The standard InChI is InChI=1S/C24H33N5O4/c1-25-24(32)20-8-6-19(7-9-20)15-28(16-21-5-4-14-33-21)18-23(31)29-12-10-27(11-13-29)17-22(30)26(2)3/h4-9,14H,10-13,15-18H2,1-3H3,(H,25,32). The molecule has 0 saturated carbocycles. The van der Waals surface area contributed by atoms with E-state index in [9.17, 15) is 14.4 Å². The summed E-state index contributed by atoms with van der Waals surface area (Å²) in [6, 6.07) is 11.1. The van der Waals surface area contributed by atoms with E-state index in [1.54, 1.807) is 44.4 Å². The zero-order valence-corrected chi connectivity index (χ0v) is 19.6. The highest BCUT2D eigenvalue weighted by atomic mass is 16.3. The van der Waals surface area contributed by atoms with Crippen LogP contribution < -0.4 is 5.32 Å². The molecule has 1 aromatic heterocycles. The highest BCUT2D eigenvalue weighted by molar-refractivity contribution is 5.93. The van der Waals surface area contributed by atoms with E-state index in [4.69, 9.17) is 4.42 Å². The van der Waals surface area contributed by atoms with Crippen LogP contribution in [0.1, 0.15) is 21.7 Å². The smallest absolute Gasteiger partial charge is 0.251 e. The van der Waals surface area contributed by atoms with Crippen LogP contribution in [0, 0.1) is 0 Å². The van der Waals surface area contributed by atoms with Gasteiger partial charge in [-0.3, -0.25) is 24.2 Å². The van der Waals surface area contributed by atoms with Crippen LogP contribution in [0.4, 0.5) is 0 Å². The fourth-order valence-corrected chi connectivity index (χ4v) is 3.73. The predicted octanol–water partition coefficient (Wildman–Crippen LogP) is 0.874. The van der Waals surface area contributed by atoms with Gasteiger partial charge in [0.05, 0.1) is 25.9 Å². The first-order valence-electron chi connectivity index (χ1n) is 11.1. The van der Waals surface area contributed by atoms with Crippen molar-refractivity contribution in [1.29, 1.82) is 0 Å². The lowest BCUT2D eigenvalue weighted by Crippen LogP contribution is -2.52. The minimum Gasteiger partial charge on any atom is -0.468 e. The molecule has 1 aliphatic heterocycles. The molecule has 0 unspecified atom stereocenters. The highest BCUT2D eigenvalue weighted by Crippen LogP contribution is 2.13. The van der Waals surface area contributed by atoms with E-state index in [1.807, 2.05) is 34.1 Å². The minimum atomic E-state index is -0.129. The number of amides is 3. The van der Waals surface area contributed by atoms with E-state index in [2.05, 4.69) is 10.2 Å². The Morgan fingerprint density at radius 3 is 2.27 bits per heavy atom. The average Bonchev–Trinajstić information content (AvgIpc) is 3.32. The van der Waals surface area contributed by atoms with E-state index in [-0.39, 0.29) is 24.3 Å². The summed E-state index contributed by atoms with van der Waals surface area (Å²) in [6.07, 6.45) is 1.63. The summed E-state index contributed by atoms with van der Waals surface area (Å²) in [5, 5.41) is 2.62. The molecule has 9 heteroatoms. The summed E-state index contributed by atoms with van der Waals surface area (Å²) < 4.78 is 5.50. The number of nitrogens with one attached hydrogen (secondary N) is 1. The first-order chi connectivity index (χ1) is 15.9. The van der Waals surface area contributed by atoms with Crippen molar-refractivity contribution in [1.82, 2.24) is 24.9 Å². The van der Waals surface area contributed by atoms with E-state index >= 15 is 0 Å². The summed E-state index contributed by atoms with van der Waals surface area (Å²) in [6.45, 7) is 4.28. The Kier molecular flexibility index (Phi) is 8.62. The Bertz CT molecular complexity index is 919. The van der Waals surface area contributed by atoms with Gasteiger partial charge in [-0.15, -0.1) is 0 Å². The Hall–Kier alpha value is -3.17.